The average molecular weight is 508 g/mol. The Kier molecular flexibility index (Phi) is 6.05. The first kappa shape index (κ1) is 23.1. The number of para-hydroxylation sites is 1. The van der Waals surface area contributed by atoms with Crippen molar-refractivity contribution < 1.29 is 18.9 Å². The molecule has 0 aliphatic heterocycles. The van der Waals surface area contributed by atoms with Gasteiger partial charge in [-0.1, -0.05) is 72.3 Å². The molecule has 0 saturated carbocycles. The molecule has 0 fully saturated rings. The van der Waals surface area contributed by atoms with Crippen LogP contribution in [-0.4, -0.2) is 24.4 Å². The lowest BCUT2D eigenvalue weighted by molar-refractivity contribution is 0.283. The van der Waals surface area contributed by atoms with Crippen LogP contribution >= 0.6 is 19.4 Å². The van der Waals surface area contributed by atoms with Crippen LogP contribution in [0.25, 0.3) is 27.9 Å². The van der Waals surface area contributed by atoms with Crippen molar-refractivity contribution in [2.75, 3.05) is 0 Å². The fourth-order valence-corrected chi connectivity index (χ4v) is 4.52. The number of benzene rings is 3. The van der Waals surface area contributed by atoms with E-state index in [1.807, 2.05) is 42.5 Å². The van der Waals surface area contributed by atoms with Crippen LogP contribution in [-0.2, 0) is 11.0 Å². The fourth-order valence-electron chi connectivity index (χ4n) is 3.98. The maximum atomic E-state index is 13.6. The number of fused-ring (bicyclic) bond motifs is 1. The summed E-state index contributed by atoms with van der Waals surface area (Å²) in [5, 5.41) is 5.23. The molecule has 35 heavy (non-hydrogen) atoms. The van der Waals surface area contributed by atoms with Crippen molar-refractivity contribution in [3.8, 4) is 28.0 Å². The third-order valence-electron chi connectivity index (χ3n) is 5.48. The second kappa shape index (κ2) is 9.17. The highest BCUT2D eigenvalue weighted by Gasteiger charge is 2.23. The van der Waals surface area contributed by atoms with Crippen LogP contribution in [0.3, 0.4) is 0 Å². The van der Waals surface area contributed by atoms with Crippen LogP contribution in [0.5, 0.6) is 5.75 Å². The van der Waals surface area contributed by atoms with Crippen LogP contribution in [0.15, 0.2) is 89.9 Å². The van der Waals surface area contributed by atoms with Crippen molar-refractivity contribution in [2.24, 2.45) is 0 Å². The number of phosphoric acid groups is 1. The molecule has 5 rings (SSSR count). The first-order valence-corrected chi connectivity index (χ1v) is 12.5. The first-order valence-electron chi connectivity index (χ1n) is 10.6. The third-order valence-corrected chi connectivity index (χ3v) is 6.16. The molecule has 5 aromatic rings. The molecule has 10 heteroatoms. The summed E-state index contributed by atoms with van der Waals surface area (Å²) < 4.78 is 17.5. The monoisotopic (exact) mass is 507 g/mol. The summed E-state index contributed by atoms with van der Waals surface area (Å²) in [5.74, 6) is -0.111. The molecule has 3 aromatic carbocycles. The van der Waals surface area contributed by atoms with Gasteiger partial charge in [0.15, 0.2) is 0 Å². The second-order valence-electron chi connectivity index (χ2n) is 7.84. The molecule has 0 amide bonds. The Balaban J connectivity index is 1.71. The Labute approximate surface area is 204 Å². The minimum atomic E-state index is -4.83. The number of rotatable bonds is 6. The number of halogens is 1. The van der Waals surface area contributed by atoms with Crippen LogP contribution < -0.4 is 10.1 Å². The van der Waals surface area contributed by atoms with E-state index in [4.69, 9.17) is 16.1 Å². The zero-order valence-corrected chi connectivity index (χ0v) is 19.8. The van der Waals surface area contributed by atoms with Gasteiger partial charge in [-0.15, -0.1) is 0 Å². The highest BCUT2D eigenvalue weighted by molar-refractivity contribution is 7.46. The highest BCUT2D eigenvalue weighted by Crippen LogP contribution is 2.41. The normalized spacial score (nSPS) is 11.6. The smallest absolute Gasteiger partial charge is 0.404 e. The van der Waals surface area contributed by atoms with Crippen LogP contribution in [0.1, 0.15) is 11.3 Å². The van der Waals surface area contributed by atoms with E-state index in [-0.39, 0.29) is 16.9 Å². The third kappa shape index (κ3) is 4.78. The zero-order valence-electron chi connectivity index (χ0n) is 18.1. The standard InChI is InChI=1S/C25H19ClN3O5P/c26-18-12-10-17(11-13-18)23-21(14-16-6-2-1-3-7-16)28-29-24(23)27-15-20(25(29)30)19-8-4-5-9-22(19)34-35(31,32)33/h1-13,15,27H,14H2,(H2,31,32,33). The quantitative estimate of drug-likeness (QED) is 0.276. The number of hydrogen-bond acceptors (Lipinski definition) is 4. The van der Waals surface area contributed by atoms with Gasteiger partial charge in [0.25, 0.3) is 5.56 Å². The molecule has 2 aromatic heterocycles. The number of nitrogens with one attached hydrogen (secondary N) is 1. The van der Waals surface area contributed by atoms with Crippen molar-refractivity contribution in [1.29, 1.82) is 0 Å². The summed E-state index contributed by atoms with van der Waals surface area (Å²) in [5.41, 5.74) is 3.71. The summed E-state index contributed by atoms with van der Waals surface area (Å²) in [7, 11) is -4.83. The van der Waals surface area contributed by atoms with Gasteiger partial charge in [-0.3, -0.25) is 14.6 Å². The molecule has 0 spiro atoms. The summed E-state index contributed by atoms with van der Waals surface area (Å²) in [4.78, 5) is 35.3. The SMILES string of the molecule is O=c1c(-c2ccccc2OP(=O)(O)O)c[nH]c2c(-c3ccc(Cl)cc3)c(Cc3ccccc3)nn12. The van der Waals surface area contributed by atoms with Gasteiger partial charge in [0.1, 0.15) is 11.4 Å². The van der Waals surface area contributed by atoms with Crippen LogP contribution in [0, 0.1) is 0 Å². The van der Waals surface area contributed by atoms with Crippen molar-refractivity contribution in [3.05, 3.63) is 112 Å². The van der Waals surface area contributed by atoms with Gasteiger partial charge in [-0.05, 0) is 29.3 Å². The molecule has 0 radical (unpaired) electrons. The topological polar surface area (TPSA) is 117 Å². The molecule has 0 aliphatic carbocycles. The van der Waals surface area contributed by atoms with E-state index in [1.165, 1.54) is 16.8 Å². The highest BCUT2D eigenvalue weighted by atomic mass is 35.5. The van der Waals surface area contributed by atoms with Crippen LogP contribution in [0.4, 0.5) is 0 Å². The lowest BCUT2D eigenvalue weighted by atomic mass is 10.0. The minimum Gasteiger partial charge on any atom is -0.404 e. The van der Waals surface area contributed by atoms with Crippen molar-refractivity contribution in [3.63, 3.8) is 0 Å². The number of nitrogens with zero attached hydrogens (tertiary/aromatic N) is 2. The summed E-state index contributed by atoms with van der Waals surface area (Å²) in [6, 6.07) is 23.2. The number of H-pyrrole nitrogens is 1. The Hall–Kier alpha value is -3.68. The predicted octanol–water partition coefficient (Wildman–Crippen LogP) is 5.07. The molecular weight excluding hydrogens is 489 g/mol. The van der Waals surface area contributed by atoms with E-state index >= 15 is 0 Å². The molecule has 2 heterocycles. The number of aromatic nitrogens is 3. The van der Waals surface area contributed by atoms with Gasteiger partial charge in [0.2, 0.25) is 0 Å². The number of phosphoric ester groups is 1. The predicted molar refractivity (Wildman–Crippen MR) is 134 cm³/mol. The molecule has 0 aliphatic rings. The molecule has 0 saturated heterocycles. The van der Waals surface area contributed by atoms with Crippen molar-refractivity contribution in [2.45, 2.75) is 6.42 Å². The van der Waals surface area contributed by atoms with E-state index in [9.17, 15) is 19.1 Å². The Morgan fingerprint density at radius 1 is 0.943 bits per heavy atom. The Morgan fingerprint density at radius 3 is 2.34 bits per heavy atom. The van der Waals surface area contributed by atoms with Crippen molar-refractivity contribution in [1.82, 2.24) is 14.6 Å². The van der Waals surface area contributed by atoms with E-state index in [2.05, 4.69) is 10.1 Å². The largest absolute Gasteiger partial charge is 0.524 e. The van der Waals surface area contributed by atoms with Crippen LogP contribution in [0.2, 0.25) is 5.02 Å². The summed E-state index contributed by atoms with van der Waals surface area (Å²) >= 11 is 6.09. The van der Waals surface area contributed by atoms with E-state index in [1.54, 1.807) is 30.3 Å². The van der Waals surface area contributed by atoms with Gasteiger partial charge in [-0.25, -0.2) is 4.57 Å². The zero-order chi connectivity index (χ0) is 24.6. The van der Waals surface area contributed by atoms with Gasteiger partial charge in [-0.2, -0.15) is 9.61 Å². The molecule has 0 bridgehead atoms. The molecule has 3 N–H and O–H groups in total. The van der Waals surface area contributed by atoms with Gasteiger partial charge in [0.05, 0.1) is 11.3 Å². The maximum absolute atomic E-state index is 13.6. The van der Waals surface area contributed by atoms with Gasteiger partial charge >= 0.3 is 7.82 Å². The van der Waals surface area contributed by atoms with E-state index < -0.39 is 13.4 Å². The second-order valence-corrected chi connectivity index (χ2v) is 9.44. The number of hydrogen-bond donors (Lipinski definition) is 3. The average Bonchev–Trinajstić information content (AvgIpc) is 3.19. The summed E-state index contributed by atoms with van der Waals surface area (Å²) in [6.07, 6.45) is 1.98. The summed E-state index contributed by atoms with van der Waals surface area (Å²) in [6.45, 7) is 0. The molecule has 0 atom stereocenters. The fraction of sp³-hybridized carbons (Fsp3) is 0.0400. The lowest BCUT2D eigenvalue weighted by Gasteiger charge is -2.11. The maximum Gasteiger partial charge on any atom is 0.524 e. The molecule has 0 unspecified atom stereocenters. The molecule has 176 valence electrons. The van der Waals surface area contributed by atoms with Gasteiger partial charge in [0, 0.05) is 28.8 Å². The first-order chi connectivity index (χ1) is 16.8. The molecular formula is C25H19ClN3O5P. The number of aromatic amines is 1. The minimum absolute atomic E-state index is 0.111. The van der Waals surface area contributed by atoms with E-state index in [0.717, 1.165) is 16.7 Å². The van der Waals surface area contributed by atoms with Gasteiger partial charge < -0.3 is 9.51 Å². The molecule has 8 nitrogen and oxygen atoms in total. The lowest BCUT2D eigenvalue weighted by Crippen LogP contribution is -2.17. The van der Waals surface area contributed by atoms with E-state index in [0.29, 0.717) is 22.8 Å². The Morgan fingerprint density at radius 2 is 1.63 bits per heavy atom. The Bertz CT molecular complexity index is 1630. The van der Waals surface area contributed by atoms with Crippen molar-refractivity contribution >= 4 is 25.1 Å².